The number of carbonyl (C=O) groups is 1. The molecule has 1 N–H and O–H groups in total. The lowest BCUT2D eigenvalue weighted by Gasteiger charge is -2.32. The lowest BCUT2D eigenvalue weighted by Crippen LogP contribution is -2.55. The van der Waals surface area contributed by atoms with E-state index >= 15 is 0 Å². The first kappa shape index (κ1) is 22.1. The number of nitro groups is 1. The third-order valence-corrected chi connectivity index (χ3v) is 8.08. The predicted octanol–water partition coefficient (Wildman–Crippen LogP) is 4.97. The zero-order valence-electron chi connectivity index (χ0n) is 18.9. The fraction of sp³-hybridized carbons (Fsp3) is 0.296. The molecule has 0 radical (unpaired) electrons. The summed E-state index contributed by atoms with van der Waals surface area (Å²) in [6, 6.07) is 21.0. The Hall–Kier alpha value is -3.42. The van der Waals surface area contributed by atoms with Crippen LogP contribution < -0.4 is 10.1 Å². The molecule has 0 aromatic heterocycles. The molecule has 2 fully saturated rings. The molecular formula is C27H24ClN3O4. The van der Waals surface area contributed by atoms with Crippen LogP contribution in [0.4, 0.5) is 5.69 Å². The standard InChI is InChI=1S/C27H24ClN3O4/c28-20-11-4-1-8-17(20)16-35-23-14-6-2-9-18(23)24-22-13-7-15-30(22)27(25(24)31(33)34)19-10-3-5-12-21(19)29-26(27)32/h1-6,8-12,14,22,24-25H,7,13,15-16H2,(H,29,32)/t22-,24+,25+,27-/m0/s1. The van der Waals surface area contributed by atoms with Gasteiger partial charge in [0.1, 0.15) is 12.4 Å². The van der Waals surface area contributed by atoms with Crippen LogP contribution in [0.15, 0.2) is 72.8 Å². The molecule has 0 bridgehead atoms. The van der Waals surface area contributed by atoms with Crippen LogP contribution in [0.2, 0.25) is 5.02 Å². The number of halogens is 1. The minimum absolute atomic E-state index is 0.146. The molecule has 3 heterocycles. The number of rotatable bonds is 5. The summed E-state index contributed by atoms with van der Waals surface area (Å²) in [6.45, 7) is 0.880. The summed E-state index contributed by atoms with van der Waals surface area (Å²) in [7, 11) is 0. The van der Waals surface area contributed by atoms with Crippen LogP contribution >= 0.6 is 11.6 Å². The van der Waals surface area contributed by atoms with Gasteiger partial charge >= 0.3 is 0 Å². The molecule has 178 valence electrons. The number of para-hydroxylation sites is 2. The highest BCUT2D eigenvalue weighted by Crippen LogP contribution is 2.58. The molecule has 3 aromatic carbocycles. The second-order valence-electron chi connectivity index (χ2n) is 9.34. The van der Waals surface area contributed by atoms with Crippen molar-refractivity contribution in [2.75, 3.05) is 11.9 Å². The summed E-state index contributed by atoms with van der Waals surface area (Å²) in [5.74, 6) is -0.240. The van der Waals surface area contributed by atoms with Gasteiger partial charge in [0, 0.05) is 44.9 Å². The molecule has 0 saturated carbocycles. The van der Waals surface area contributed by atoms with E-state index in [9.17, 15) is 14.9 Å². The molecule has 2 saturated heterocycles. The van der Waals surface area contributed by atoms with Crippen molar-refractivity contribution in [1.82, 2.24) is 4.90 Å². The van der Waals surface area contributed by atoms with Crippen LogP contribution in [0, 0.1) is 10.1 Å². The van der Waals surface area contributed by atoms with Crippen LogP contribution in [0.3, 0.4) is 0 Å². The minimum Gasteiger partial charge on any atom is -0.489 e. The monoisotopic (exact) mass is 489 g/mol. The number of anilines is 1. The van der Waals surface area contributed by atoms with Gasteiger partial charge < -0.3 is 10.1 Å². The SMILES string of the molecule is O=C1Nc2ccccc2[C@]12[C@H]([N+](=O)[O-])[C@H](c1ccccc1OCc1ccccc1Cl)[C@@H]1CCCN12. The summed E-state index contributed by atoms with van der Waals surface area (Å²) in [5.41, 5.74) is 1.59. The lowest BCUT2D eigenvalue weighted by atomic mass is 9.77. The minimum atomic E-state index is -1.35. The predicted molar refractivity (Wildman–Crippen MR) is 132 cm³/mol. The quantitative estimate of drug-likeness (QED) is 0.404. The van der Waals surface area contributed by atoms with Crippen molar-refractivity contribution in [1.29, 1.82) is 0 Å². The summed E-state index contributed by atoms with van der Waals surface area (Å²) < 4.78 is 6.21. The van der Waals surface area contributed by atoms with Gasteiger partial charge in [-0.25, -0.2) is 0 Å². The smallest absolute Gasteiger partial charge is 0.256 e. The Kier molecular flexibility index (Phi) is 5.27. The molecule has 35 heavy (non-hydrogen) atoms. The van der Waals surface area contributed by atoms with Gasteiger partial charge in [-0.15, -0.1) is 0 Å². The molecule has 3 aromatic rings. The highest BCUT2D eigenvalue weighted by atomic mass is 35.5. The number of ether oxygens (including phenoxy) is 1. The number of amides is 1. The maximum atomic E-state index is 13.6. The van der Waals surface area contributed by atoms with Crippen molar-refractivity contribution < 1.29 is 14.5 Å². The van der Waals surface area contributed by atoms with Gasteiger partial charge in [-0.05, 0) is 31.0 Å². The highest BCUT2D eigenvalue weighted by Gasteiger charge is 2.73. The van der Waals surface area contributed by atoms with Gasteiger partial charge in [0.15, 0.2) is 5.54 Å². The molecule has 8 heteroatoms. The van der Waals surface area contributed by atoms with Crippen molar-refractivity contribution in [3.8, 4) is 5.75 Å². The van der Waals surface area contributed by atoms with E-state index in [1.165, 1.54) is 0 Å². The van der Waals surface area contributed by atoms with Gasteiger partial charge in [-0.3, -0.25) is 19.8 Å². The number of benzene rings is 3. The Morgan fingerprint density at radius 3 is 2.66 bits per heavy atom. The first-order chi connectivity index (χ1) is 17.0. The molecule has 0 aliphatic carbocycles. The van der Waals surface area contributed by atoms with E-state index in [2.05, 4.69) is 10.2 Å². The summed E-state index contributed by atoms with van der Waals surface area (Å²) in [5, 5.41) is 16.4. The average Bonchev–Trinajstić information content (AvgIpc) is 3.52. The van der Waals surface area contributed by atoms with E-state index in [1.807, 2.05) is 72.8 Å². The van der Waals surface area contributed by atoms with Crippen LogP contribution in [-0.4, -0.2) is 34.4 Å². The van der Waals surface area contributed by atoms with E-state index in [0.717, 1.165) is 24.0 Å². The second kappa shape index (κ2) is 8.36. The molecular weight excluding hydrogens is 466 g/mol. The van der Waals surface area contributed by atoms with E-state index in [4.69, 9.17) is 16.3 Å². The Labute approximate surface area is 207 Å². The van der Waals surface area contributed by atoms with Crippen molar-refractivity contribution >= 4 is 23.2 Å². The van der Waals surface area contributed by atoms with Crippen molar-refractivity contribution in [2.24, 2.45) is 0 Å². The fourth-order valence-corrected chi connectivity index (χ4v) is 6.60. The van der Waals surface area contributed by atoms with Crippen molar-refractivity contribution in [2.45, 2.75) is 43.0 Å². The van der Waals surface area contributed by atoms with Gasteiger partial charge in [-0.1, -0.05) is 66.2 Å². The van der Waals surface area contributed by atoms with Crippen LogP contribution in [-0.2, 0) is 16.9 Å². The van der Waals surface area contributed by atoms with Crippen LogP contribution in [0.25, 0.3) is 0 Å². The van der Waals surface area contributed by atoms with E-state index in [1.54, 1.807) is 0 Å². The zero-order valence-corrected chi connectivity index (χ0v) is 19.6. The number of nitrogens with zero attached hydrogens (tertiary/aromatic N) is 2. The molecule has 1 spiro atoms. The normalized spacial score (nSPS) is 27.0. The number of hydrogen-bond acceptors (Lipinski definition) is 5. The third kappa shape index (κ3) is 3.18. The maximum Gasteiger partial charge on any atom is 0.256 e. The van der Waals surface area contributed by atoms with Crippen LogP contribution in [0.5, 0.6) is 5.75 Å². The maximum absolute atomic E-state index is 13.6. The average molecular weight is 490 g/mol. The molecule has 1 amide bonds. The zero-order chi connectivity index (χ0) is 24.2. The Balaban J connectivity index is 1.46. The van der Waals surface area contributed by atoms with Gasteiger partial charge in [0.05, 0.1) is 5.92 Å². The van der Waals surface area contributed by atoms with Gasteiger partial charge in [0.25, 0.3) is 11.9 Å². The Bertz CT molecular complexity index is 1330. The summed E-state index contributed by atoms with van der Waals surface area (Å²) >= 11 is 6.32. The topological polar surface area (TPSA) is 84.7 Å². The van der Waals surface area contributed by atoms with Crippen molar-refractivity contribution in [3.63, 3.8) is 0 Å². The summed E-state index contributed by atoms with van der Waals surface area (Å²) in [4.78, 5) is 28.3. The fourth-order valence-electron chi connectivity index (χ4n) is 6.41. The van der Waals surface area contributed by atoms with Crippen molar-refractivity contribution in [3.05, 3.63) is 105 Å². The first-order valence-corrected chi connectivity index (χ1v) is 12.2. The molecule has 3 aliphatic heterocycles. The van der Waals surface area contributed by atoms with Crippen LogP contribution in [0.1, 0.15) is 35.4 Å². The third-order valence-electron chi connectivity index (χ3n) is 7.71. The van der Waals surface area contributed by atoms with E-state index in [-0.39, 0.29) is 23.5 Å². The van der Waals surface area contributed by atoms with Gasteiger partial charge in [-0.2, -0.15) is 0 Å². The largest absolute Gasteiger partial charge is 0.489 e. The molecule has 3 aliphatic rings. The second-order valence-corrected chi connectivity index (χ2v) is 9.75. The molecule has 7 nitrogen and oxygen atoms in total. The Morgan fingerprint density at radius 2 is 1.83 bits per heavy atom. The lowest BCUT2D eigenvalue weighted by molar-refractivity contribution is -0.534. The number of fused-ring (bicyclic) bond motifs is 4. The number of hydrogen-bond donors (Lipinski definition) is 1. The van der Waals surface area contributed by atoms with E-state index in [0.29, 0.717) is 28.6 Å². The Morgan fingerprint density at radius 1 is 1.09 bits per heavy atom. The number of nitrogens with one attached hydrogen (secondary N) is 1. The molecule has 0 unspecified atom stereocenters. The number of carbonyl (C=O) groups excluding carboxylic acids is 1. The van der Waals surface area contributed by atoms with Gasteiger partial charge in [0.2, 0.25) is 0 Å². The molecule has 4 atom stereocenters. The van der Waals surface area contributed by atoms with E-state index < -0.39 is 17.5 Å². The molecule has 6 rings (SSSR count). The highest BCUT2D eigenvalue weighted by molar-refractivity contribution is 6.31. The first-order valence-electron chi connectivity index (χ1n) is 11.8. The summed E-state index contributed by atoms with van der Waals surface area (Å²) in [6.07, 6.45) is 1.66.